The predicted molar refractivity (Wildman–Crippen MR) is 116 cm³/mol. The molecule has 1 aliphatic rings. The maximum absolute atomic E-state index is 12.9. The molecule has 0 radical (unpaired) electrons. The molecule has 8 nitrogen and oxygen atoms in total. The van der Waals surface area contributed by atoms with Gasteiger partial charge in [-0.15, -0.1) is 0 Å². The molecule has 32 heavy (non-hydrogen) atoms. The average molecular weight is 471 g/mol. The molecule has 0 unspecified atom stereocenters. The third-order valence-corrected chi connectivity index (χ3v) is 5.54. The SMILES string of the molecule is O=C(OCc1ccc([N+](=O)[O-])cc1)c1ccc2c(c1)C(=O)N(c1ccc(Cl)c(Cl)c1)C2=O. The molecule has 0 fully saturated rings. The van der Waals surface area contributed by atoms with Gasteiger partial charge >= 0.3 is 5.97 Å². The third kappa shape index (κ3) is 3.93. The molecule has 0 saturated heterocycles. The lowest BCUT2D eigenvalue weighted by atomic mass is 10.1. The van der Waals surface area contributed by atoms with Crippen molar-refractivity contribution in [3.05, 3.63) is 103 Å². The van der Waals surface area contributed by atoms with E-state index in [1.165, 1.54) is 60.7 Å². The normalized spacial score (nSPS) is 12.6. The zero-order valence-corrected chi connectivity index (χ0v) is 17.6. The number of rotatable bonds is 5. The van der Waals surface area contributed by atoms with E-state index in [0.717, 1.165) is 4.90 Å². The van der Waals surface area contributed by atoms with Gasteiger partial charge in [0.2, 0.25) is 0 Å². The van der Waals surface area contributed by atoms with Gasteiger partial charge in [-0.05, 0) is 54.1 Å². The van der Waals surface area contributed by atoms with Crippen molar-refractivity contribution >= 4 is 52.4 Å². The van der Waals surface area contributed by atoms with Crippen LogP contribution >= 0.6 is 23.2 Å². The topological polar surface area (TPSA) is 107 Å². The van der Waals surface area contributed by atoms with Gasteiger partial charge in [0.1, 0.15) is 6.61 Å². The Morgan fingerprint density at radius 1 is 0.906 bits per heavy atom. The van der Waals surface area contributed by atoms with Gasteiger partial charge in [0.25, 0.3) is 17.5 Å². The van der Waals surface area contributed by atoms with Crippen LogP contribution in [-0.4, -0.2) is 22.7 Å². The van der Waals surface area contributed by atoms with Crippen LogP contribution in [0.25, 0.3) is 0 Å². The van der Waals surface area contributed by atoms with Gasteiger partial charge in [-0.1, -0.05) is 23.2 Å². The van der Waals surface area contributed by atoms with Crippen LogP contribution in [-0.2, 0) is 11.3 Å². The Hall–Kier alpha value is -3.75. The van der Waals surface area contributed by atoms with E-state index >= 15 is 0 Å². The molecule has 0 spiro atoms. The second-order valence-electron chi connectivity index (χ2n) is 6.80. The summed E-state index contributed by atoms with van der Waals surface area (Å²) < 4.78 is 5.23. The first-order valence-electron chi connectivity index (χ1n) is 9.14. The summed E-state index contributed by atoms with van der Waals surface area (Å²) in [7, 11) is 0. The number of nitro groups is 1. The molecule has 3 aromatic rings. The number of fused-ring (bicyclic) bond motifs is 1. The largest absolute Gasteiger partial charge is 0.457 e. The Balaban J connectivity index is 1.52. The first-order chi connectivity index (χ1) is 15.3. The van der Waals surface area contributed by atoms with E-state index in [-0.39, 0.29) is 44.7 Å². The number of amides is 2. The Kier molecular flexibility index (Phi) is 5.65. The van der Waals surface area contributed by atoms with E-state index < -0.39 is 22.7 Å². The molecule has 2 amide bonds. The number of imide groups is 1. The number of esters is 1. The first kappa shape index (κ1) is 21.5. The fraction of sp³-hybridized carbons (Fsp3) is 0.0455. The summed E-state index contributed by atoms with van der Waals surface area (Å²) >= 11 is 11.9. The summed E-state index contributed by atoms with van der Waals surface area (Å²) in [5.41, 5.74) is 1.03. The average Bonchev–Trinajstić information content (AvgIpc) is 3.04. The summed E-state index contributed by atoms with van der Waals surface area (Å²) in [5.74, 6) is -1.86. The minimum atomic E-state index is -0.709. The van der Waals surface area contributed by atoms with Crippen LogP contribution in [0.4, 0.5) is 11.4 Å². The molecule has 0 aliphatic carbocycles. The lowest BCUT2D eigenvalue weighted by Crippen LogP contribution is -2.29. The monoisotopic (exact) mass is 470 g/mol. The van der Waals surface area contributed by atoms with Gasteiger partial charge in [-0.25, -0.2) is 9.69 Å². The summed E-state index contributed by atoms with van der Waals surface area (Å²) in [6.07, 6.45) is 0. The number of hydrogen-bond donors (Lipinski definition) is 0. The first-order valence-corrected chi connectivity index (χ1v) is 9.90. The summed E-state index contributed by atoms with van der Waals surface area (Å²) in [6, 6.07) is 14.0. The van der Waals surface area contributed by atoms with Crippen LogP contribution < -0.4 is 4.90 Å². The number of ether oxygens (including phenoxy) is 1. The maximum atomic E-state index is 12.9. The van der Waals surface area contributed by atoms with Crippen LogP contribution in [0.1, 0.15) is 36.6 Å². The van der Waals surface area contributed by atoms with Crippen LogP contribution in [0.3, 0.4) is 0 Å². The Bertz CT molecular complexity index is 1290. The molecular formula is C22H12Cl2N2O6. The Labute approximate surface area is 191 Å². The van der Waals surface area contributed by atoms with Crippen molar-refractivity contribution in [2.45, 2.75) is 6.61 Å². The van der Waals surface area contributed by atoms with E-state index in [2.05, 4.69) is 0 Å². The summed E-state index contributed by atoms with van der Waals surface area (Å²) in [5, 5.41) is 11.2. The fourth-order valence-corrected chi connectivity index (χ4v) is 3.46. The zero-order valence-electron chi connectivity index (χ0n) is 16.1. The molecular weight excluding hydrogens is 459 g/mol. The van der Waals surface area contributed by atoms with Crippen LogP contribution in [0.5, 0.6) is 0 Å². The Morgan fingerprint density at radius 3 is 2.25 bits per heavy atom. The fourth-order valence-electron chi connectivity index (χ4n) is 3.17. The number of halogens is 2. The summed E-state index contributed by atoms with van der Waals surface area (Å²) in [4.78, 5) is 49.2. The highest BCUT2D eigenvalue weighted by Crippen LogP contribution is 2.33. The van der Waals surface area contributed by atoms with Crippen molar-refractivity contribution in [2.75, 3.05) is 4.90 Å². The highest BCUT2D eigenvalue weighted by Gasteiger charge is 2.37. The van der Waals surface area contributed by atoms with Gasteiger partial charge in [0.15, 0.2) is 0 Å². The molecule has 3 aromatic carbocycles. The highest BCUT2D eigenvalue weighted by atomic mass is 35.5. The van der Waals surface area contributed by atoms with Gasteiger partial charge in [0, 0.05) is 12.1 Å². The summed E-state index contributed by atoms with van der Waals surface area (Å²) in [6.45, 7) is -0.115. The van der Waals surface area contributed by atoms with E-state index in [0.29, 0.717) is 5.56 Å². The number of carbonyl (C=O) groups excluding carboxylic acids is 3. The van der Waals surface area contributed by atoms with E-state index in [4.69, 9.17) is 27.9 Å². The molecule has 0 saturated carbocycles. The molecule has 160 valence electrons. The van der Waals surface area contributed by atoms with Gasteiger partial charge in [-0.3, -0.25) is 19.7 Å². The molecule has 0 bridgehead atoms. The Morgan fingerprint density at radius 2 is 1.59 bits per heavy atom. The number of hydrogen-bond acceptors (Lipinski definition) is 6. The molecule has 1 heterocycles. The second-order valence-corrected chi connectivity index (χ2v) is 7.62. The van der Waals surface area contributed by atoms with E-state index in [9.17, 15) is 24.5 Å². The van der Waals surface area contributed by atoms with Crippen LogP contribution in [0, 0.1) is 10.1 Å². The van der Waals surface area contributed by atoms with Crippen molar-refractivity contribution in [3.8, 4) is 0 Å². The van der Waals surface area contributed by atoms with Crippen molar-refractivity contribution in [3.63, 3.8) is 0 Å². The molecule has 4 rings (SSSR count). The van der Waals surface area contributed by atoms with E-state index in [1.807, 2.05) is 0 Å². The van der Waals surface area contributed by atoms with Crippen molar-refractivity contribution in [1.29, 1.82) is 0 Å². The lowest BCUT2D eigenvalue weighted by Gasteiger charge is -2.14. The standard InChI is InChI=1S/C22H12Cl2N2O6/c23-18-8-6-15(10-19(18)24)25-20(27)16-7-3-13(9-17(16)21(25)28)22(29)32-11-12-1-4-14(5-2-12)26(30)31/h1-10H,11H2. The minimum Gasteiger partial charge on any atom is -0.457 e. The number of anilines is 1. The number of carbonyl (C=O) groups is 3. The predicted octanol–water partition coefficient (Wildman–Crippen LogP) is 5.06. The van der Waals surface area contributed by atoms with Crippen LogP contribution in [0.15, 0.2) is 60.7 Å². The smallest absolute Gasteiger partial charge is 0.338 e. The van der Waals surface area contributed by atoms with Crippen molar-refractivity contribution in [2.24, 2.45) is 0 Å². The minimum absolute atomic E-state index is 0.0610. The number of non-ortho nitro benzene ring substituents is 1. The van der Waals surface area contributed by atoms with Crippen LogP contribution in [0.2, 0.25) is 10.0 Å². The molecule has 10 heteroatoms. The lowest BCUT2D eigenvalue weighted by molar-refractivity contribution is -0.384. The van der Waals surface area contributed by atoms with Crippen molar-refractivity contribution in [1.82, 2.24) is 0 Å². The highest BCUT2D eigenvalue weighted by molar-refractivity contribution is 6.42. The number of benzene rings is 3. The van der Waals surface area contributed by atoms with Gasteiger partial charge < -0.3 is 4.74 Å². The number of nitro benzene ring substituents is 1. The van der Waals surface area contributed by atoms with E-state index in [1.54, 1.807) is 0 Å². The molecule has 0 aromatic heterocycles. The maximum Gasteiger partial charge on any atom is 0.338 e. The molecule has 0 atom stereocenters. The third-order valence-electron chi connectivity index (χ3n) is 4.80. The van der Waals surface area contributed by atoms with Crippen molar-refractivity contribution < 1.29 is 24.0 Å². The number of nitrogens with zero attached hydrogens (tertiary/aromatic N) is 2. The molecule has 0 N–H and O–H groups in total. The van der Waals surface area contributed by atoms with Gasteiger partial charge in [-0.2, -0.15) is 0 Å². The molecule has 1 aliphatic heterocycles. The van der Waals surface area contributed by atoms with Gasteiger partial charge in [0.05, 0.1) is 37.3 Å². The zero-order chi connectivity index (χ0) is 23.0. The second kappa shape index (κ2) is 8.41. The quantitative estimate of drug-likeness (QED) is 0.223.